The number of nitrogens with zero attached hydrogens (tertiary/aromatic N) is 6. The van der Waals surface area contributed by atoms with Gasteiger partial charge in [-0.15, -0.1) is 24.0 Å². The maximum Gasteiger partial charge on any atom is 0.194 e. The van der Waals surface area contributed by atoms with Crippen molar-refractivity contribution >= 4 is 29.9 Å². The van der Waals surface area contributed by atoms with Crippen molar-refractivity contribution in [3.63, 3.8) is 0 Å². The molecule has 0 spiro atoms. The van der Waals surface area contributed by atoms with Crippen molar-refractivity contribution in [2.75, 3.05) is 26.7 Å². The summed E-state index contributed by atoms with van der Waals surface area (Å²) in [5, 5.41) is 12.4. The monoisotopic (exact) mass is 535 g/mol. The highest BCUT2D eigenvalue weighted by molar-refractivity contribution is 14.0. The van der Waals surface area contributed by atoms with E-state index < -0.39 is 0 Å². The molecule has 9 heteroatoms. The number of hydrogen-bond donors (Lipinski definition) is 1. The molecule has 0 saturated carbocycles. The van der Waals surface area contributed by atoms with E-state index in [9.17, 15) is 0 Å². The predicted octanol–water partition coefficient (Wildman–Crippen LogP) is 3.19. The number of likely N-dealkylation sites (tertiary alicyclic amines) is 1. The molecule has 1 aliphatic heterocycles. The number of guanidine groups is 1. The second-order valence-electron chi connectivity index (χ2n) is 7.50. The highest BCUT2D eigenvalue weighted by Crippen LogP contribution is 2.26. The average molecular weight is 535 g/mol. The first-order chi connectivity index (χ1) is 14.7. The Labute approximate surface area is 200 Å². The van der Waals surface area contributed by atoms with Crippen molar-refractivity contribution in [2.45, 2.75) is 25.8 Å². The molecule has 1 aromatic carbocycles. The lowest BCUT2D eigenvalue weighted by molar-refractivity contribution is 0.414. The van der Waals surface area contributed by atoms with Gasteiger partial charge in [0.15, 0.2) is 5.96 Å². The summed E-state index contributed by atoms with van der Waals surface area (Å²) in [6, 6.07) is 9.87. The topological polar surface area (TPSA) is 72.5 Å². The van der Waals surface area contributed by atoms with Gasteiger partial charge in [0.25, 0.3) is 0 Å². The molecule has 3 heterocycles. The van der Waals surface area contributed by atoms with Crippen LogP contribution in [-0.2, 0) is 13.6 Å². The van der Waals surface area contributed by atoms with Gasteiger partial charge in [-0.25, -0.2) is 9.67 Å². The molecule has 1 saturated heterocycles. The fraction of sp³-hybridized carbons (Fsp3) is 0.409. The van der Waals surface area contributed by atoms with E-state index in [0.29, 0.717) is 12.5 Å². The van der Waals surface area contributed by atoms with Crippen LogP contribution in [0.3, 0.4) is 0 Å². The third-order valence-corrected chi connectivity index (χ3v) is 5.39. The fourth-order valence-corrected chi connectivity index (χ4v) is 3.78. The highest BCUT2D eigenvalue weighted by atomic mass is 127. The van der Waals surface area contributed by atoms with Gasteiger partial charge < -0.3 is 15.0 Å². The van der Waals surface area contributed by atoms with E-state index in [0.717, 1.165) is 49.1 Å². The Morgan fingerprint density at radius 1 is 1.26 bits per heavy atom. The number of nitrogens with one attached hydrogen (secondary N) is 1. The number of hydrogen-bond acceptors (Lipinski definition) is 4. The van der Waals surface area contributed by atoms with Crippen molar-refractivity contribution in [3.05, 3.63) is 60.2 Å². The molecule has 1 atom stereocenters. The van der Waals surface area contributed by atoms with Crippen LogP contribution >= 0.6 is 24.0 Å². The summed E-state index contributed by atoms with van der Waals surface area (Å²) in [5.74, 6) is 2.28. The SMILES string of the molecule is CCNC(=NCc1ccn(-c2ccc(OC)cc2)n1)N1CCC(c2cnn(C)c2)C1.I. The summed E-state index contributed by atoms with van der Waals surface area (Å²) in [7, 11) is 3.63. The standard InChI is InChI=1S/C22H29N7O.HI/c1-4-23-22(28-11-9-17(16-28)18-13-25-27(2)15-18)24-14-19-10-12-29(26-19)20-5-7-21(30-3)8-6-20;/h5-8,10,12-13,15,17H,4,9,11,14,16H2,1-3H3,(H,23,24);1H. The van der Waals surface area contributed by atoms with Gasteiger partial charge in [0, 0.05) is 45.0 Å². The zero-order valence-electron chi connectivity index (χ0n) is 18.2. The number of methoxy groups -OCH3 is 1. The van der Waals surface area contributed by atoms with Gasteiger partial charge >= 0.3 is 0 Å². The molecule has 0 radical (unpaired) electrons. The van der Waals surface area contributed by atoms with Crippen molar-refractivity contribution in [1.82, 2.24) is 29.8 Å². The first-order valence-corrected chi connectivity index (χ1v) is 10.4. The van der Waals surface area contributed by atoms with E-state index >= 15 is 0 Å². The van der Waals surface area contributed by atoms with Crippen LogP contribution in [0.1, 0.15) is 30.5 Å². The molecule has 4 rings (SSSR count). The van der Waals surface area contributed by atoms with E-state index in [4.69, 9.17) is 9.73 Å². The molecule has 1 fully saturated rings. The molecule has 0 bridgehead atoms. The van der Waals surface area contributed by atoms with Gasteiger partial charge in [0.1, 0.15) is 5.75 Å². The van der Waals surface area contributed by atoms with Gasteiger partial charge in [0.2, 0.25) is 0 Å². The van der Waals surface area contributed by atoms with Crippen LogP contribution in [0.25, 0.3) is 5.69 Å². The predicted molar refractivity (Wildman–Crippen MR) is 132 cm³/mol. The first-order valence-electron chi connectivity index (χ1n) is 10.4. The molecule has 0 aliphatic carbocycles. The van der Waals surface area contributed by atoms with E-state index in [1.807, 2.05) is 59.1 Å². The minimum absolute atomic E-state index is 0. The van der Waals surface area contributed by atoms with Crippen molar-refractivity contribution in [1.29, 1.82) is 0 Å². The van der Waals surface area contributed by atoms with Crippen molar-refractivity contribution in [3.8, 4) is 11.4 Å². The molecule has 1 unspecified atom stereocenters. The Bertz CT molecular complexity index is 995. The maximum absolute atomic E-state index is 5.22. The lowest BCUT2D eigenvalue weighted by atomic mass is 10.0. The number of rotatable bonds is 6. The number of benzene rings is 1. The van der Waals surface area contributed by atoms with Gasteiger partial charge in [-0.05, 0) is 49.2 Å². The third kappa shape index (κ3) is 5.57. The summed E-state index contributed by atoms with van der Waals surface area (Å²) >= 11 is 0. The molecular weight excluding hydrogens is 505 g/mol. The second kappa shape index (κ2) is 10.7. The Balaban J connectivity index is 0.00000272. The summed E-state index contributed by atoms with van der Waals surface area (Å²) in [6.45, 7) is 5.43. The Kier molecular flexibility index (Phi) is 7.94. The zero-order chi connectivity index (χ0) is 20.9. The van der Waals surface area contributed by atoms with Gasteiger partial charge in [-0.3, -0.25) is 4.68 Å². The summed E-state index contributed by atoms with van der Waals surface area (Å²) < 4.78 is 8.96. The van der Waals surface area contributed by atoms with Crippen LogP contribution in [0.4, 0.5) is 0 Å². The van der Waals surface area contributed by atoms with E-state index in [-0.39, 0.29) is 24.0 Å². The number of aromatic nitrogens is 4. The van der Waals surface area contributed by atoms with Gasteiger partial charge in [-0.1, -0.05) is 0 Å². The van der Waals surface area contributed by atoms with Crippen LogP contribution in [0, 0.1) is 0 Å². The minimum Gasteiger partial charge on any atom is -0.497 e. The van der Waals surface area contributed by atoms with Crippen LogP contribution in [0.5, 0.6) is 5.75 Å². The summed E-state index contributed by atoms with van der Waals surface area (Å²) in [4.78, 5) is 7.18. The summed E-state index contributed by atoms with van der Waals surface area (Å²) in [5.41, 5.74) is 3.23. The third-order valence-electron chi connectivity index (χ3n) is 5.39. The lowest BCUT2D eigenvalue weighted by Crippen LogP contribution is -2.40. The maximum atomic E-state index is 5.22. The van der Waals surface area contributed by atoms with Crippen LogP contribution in [-0.4, -0.2) is 57.2 Å². The van der Waals surface area contributed by atoms with Crippen molar-refractivity contribution < 1.29 is 4.74 Å². The molecule has 2 aromatic heterocycles. The number of aryl methyl sites for hydroxylation is 1. The largest absolute Gasteiger partial charge is 0.497 e. The van der Waals surface area contributed by atoms with E-state index in [1.165, 1.54) is 5.56 Å². The number of halogens is 1. The van der Waals surface area contributed by atoms with Crippen LogP contribution < -0.4 is 10.1 Å². The van der Waals surface area contributed by atoms with Crippen molar-refractivity contribution in [2.24, 2.45) is 12.0 Å². The zero-order valence-corrected chi connectivity index (χ0v) is 20.6. The Morgan fingerprint density at radius 3 is 2.74 bits per heavy atom. The van der Waals surface area contributed by atoms with Gasteiger partial charge in [-0.2, -0.15) is 10.2 Å². The molecular formula is C22H30IN7O. The Morgan fingerprint density at radius 2 is 2.06 bits per heavy atom. The molecule has 31 heavy (non-hydrogen) atoms. The number of aliphatic imine (C=N–C) groups is 1. The van der Waals surface area contributed by atoms with E-state index in [2.05, 4.69) is 33.5 Å². The second-order valence-corrected chi connectivity index (χ2v) is 7.50. The molecule has 1 N–H and O–H groups in total. The molecule has 166 valence electrons. The fourth-order valence-electron chi connectivity index (χ4n) is 3.78. The molecule has 0 amide bonds. The normalized spacial score (nSPS) is 16.3. The molecule has 1 aliphatic rings. The smallest absolute Gasteiger partial charge is 0.194 e. The first kappa shape index (κ1) is 23.1. The highest BCUT2D eigenvalue weighted by Gasteiger charge is 2.26. The van der Waals surface area contributed by atoms with Crippen LogP contribution in [0.2, 0.25) is 0 Å². The summed E-state index contributed by atoms with van der Waals surface area (Å²) in [6.07, 6.45) is 7.17. The number of ether oxygens (including phenoxy) is 1. The quantitative estimate of drug-likeness (QED) is 0.298. The minimum atomic E-state index is 0. The van der Waals surface area contributed by atoms with Gasteiger partial charge in [0.05, 0.1) is 31.2 Å². The van der Waals surface area contributed by atoms with E-state index in [1.54, 1.807) is 7.11 Å². The Hall–Kier alpha value is -2.56. The average Bonchev–Trinajstić information content (AvgIpc) is 3.52. The van der Waals surface area contributed by atoms with Crippen LogP contribution in [0.15, 0.2) is 53.9 Å². The molecule has 3 aromatic rings. The molecule has 8 nitrogen and oxygen atoms in total. The lowest BCUT2D eigenvalue weighted by Gasteiger charge is -2.21.